The third-order valence-corrected chi connectivity index (χ3v) is 2.99. The molecule has 0 saturated heterocycles. The summed E-state index contributed by atoms with van der Waals surface area (Å²) in [6.07, 6.45) is 0.867. The van der Waals surface area contributed by atoms with Crippen molar-refractivity contribution in [1.82, 2.24) is 10.7 Å². The maximum Gasteiger partial charge on any atom is 0.206 e. The van der Waals surface area contributed by atoms with Crippen LogP contribution >= 0.6 is 11.6 Å². The van der Waals surface area contributed by atoms with Crippen molar-refractivity contribution in [1.29, 1.82) is 0 Å². The Kier molecular flexibility index (Phi) is 8.02. The molecule has 112 valence electrons. The molecule has 0 spiro atoms. The molecule has 0 heterocycles. The summed E-state index contributed by atoms with van der Waals surface area (Å²) >= 11 is 5.98. The van der Waals surface area contributed by atoms with Gasteiger partial charge in [-0.1, -0.05) is 23.7 Å². The van der Waals surface area contributed by atoms with Gasteiger partial charge in [-0.05, 0) is 38.0 Å². The molecule has 1 aromatic rings. The standard InChI is InChI=1S/C14H23ClN4O/c1-3-20-9-5-8-17-14(19-16)18-11(2)12-6-4-7-13(15)10-12/h4,6-7,10-11H,3,5,8-9,16H2,1-2H3,(H2,17,18,19). The molecule has 0 aromatic heterocycles. The zero-order valence-electron chi connectivity index (χ0n) is 12.0. The zero-order chi connectivity index (χ0) is 14.8. The van der Waals surface area contributed by atoms with Crippen molar-refractivity contribution in [3.63, 3.8) is 0 Å². The summed E-state index contributed by atoms with van der Waals surface area (Å²) in [5, 5.41) is 3.93. The fraction of sp³-hybridized carbons (Fsp3) is 0.500. The first-order valence-electron chi connectivity index (χ1n) is 6.78. The van der Waals surface area contributed by atoms with E-state index in [-0.39, 0.29) is 6.04 Å². The van der Waals surface area contributed by atoms with Crippen LogP contribution in [0.25, 0.3) is 0 Å². The van der Waals surface area contributed by atoms with E-state index in [9.17, 15) is 0 Å². The summed E-state index contributed by atoms with van der Waals surface area (Å²) in [5.41, 5.74) is 3.65. The molecule has 20 heavy (non-hydrogen) atoms. The Morgan fingerprint density at radius 2 is 2.30 bits per heavy atom. The molecule has 0 radical (unpaired) electrons. The molecule has 0 fully saturated rings. The van der Waals surface area contributed by atoms with E-state index in [2.05, 4.69) is 15.7 Å². The minimum absolute atomic E-state index is 0.0652. The second-order valence-electron chi connectivity index (χ2n) is 4.35. The number of nitrogens with two attached hydrogens (primary N) is 1. The van der Waals surface area contributed by atoms with Crippen LogP contribution in [0, 0.1) is 0 Å². The molecule has 0 saturated carbocycles. The van der Waals surface area contributed by atoms with Crippen LogP contribution in [0.4, 0.5) is 0 Å². The van der Waals surface area contributed by atoms with Crippen molar-refractivity contribution in [2.45, 2.75) is 26.3 Å². The van der Waals surface area contributed by atoms with E-state index >= 15 is 0 Å². The number of hydrazine groups is 1. The smallest absolute Gasteiger partial charge is 0.206 e. The van der Waals surface area contributed by atoms with Crippen LogP contribution in [0.1, 0.15) is 31.9 Å². The summed E-state index contributed by atoms with van der Waals surface area (Å²) in [5.74, 6) is 6.03. The number of benzene rings is 1. The Morgan fingerprint density at radius 1 is 1.50 bits per heavy atom. The Balaban J connectivity index is 2.48. The van der Waals surface area contributed by atoms with Gasteiger partial charge in [0.15, 0.2) is 0 Å². The molecule has 6 heteroatoms. The van der Waals surface area contributed by atoms with Gasteiger partial charge < -0.3 is 10.1 Å². The van der Waals surface area contributed by atoms with E-state index in [0.29, 0.717) is 24.1 Å². The van der Waals surface area contributed by atoms with Gasteiger partial charge in [-0.2, -0.15) is 0 Å². The quantitative estimate of drug-likeness (QED) is 0.237. The fourth-order valence-corrected chi connectivity index (χ4v) is 1.90. The molecule has 0 aliphatic heterocycles. The van der Waals surface area contributed by atoms with Crippen molar-refractivity contribution in [3.8, 4) is 0 Å². The van der Waals surface area contributed by atoms with Gasteiger partial charge in [0.1, 0.15) is 0 Å². The Hall–Kier alpha value is -1.30. The highest BCUT2D eigenvalue weighted by Crippen LogP contribution is 2.16. The number of rotatable bonds is 7. The van der Waals surface area contributed by atoms with Gasteiger partial charge >= 0.3 is 0 Å². The number of aliphatic imine (C=N–C) groups is 1. The fourth-order valence-electron chi connectivity index (χ4n) is 1.70. The molecule has 0 aliphatic carbocycles. The van der Waals surface area contributed by atoms with Crippen LogP contribution in [0.2, 0.25) is 5.02 Å². The van der Waals surface area contributed by atoms with Crippen LogP contribution < -0.4 is 16.6 Å². The molecule has 0 amide bonds. The molecule has 1 aromatic carbocycles. The molecular weight excluding hydrogens is 276 g/mol. The van der Waals surface area contributed by atoms with E-state index < -0.39 is 0 Å². The van der Waals surface area contributed by atoms with Crippen molar-refractivity contribution in [2.24, 2.45) is 10.8 Å². The monoisotopic (exact) mass is 298 g/mol. The minimum Gasteiger partial charge on any atom is -0.382 e. The largest absolute Gasteiger partial charge is 0.382 e. The van der Waals surface area contributed by atoms with E-state index in [0.717, 1.165) is 18.6 Å². The Labute approximate surface area is 125 Å². The van der Waals surface area contributed by atoms with Crippen LogP contribution in [-0.4, -0.2) is 25.7 Å². The summed E-state index contributed by atoms with van der Waals surface area (Å²) in [7, 11) is 0. The third kappa shape index (κ3) is 6.23. The van der Waals surface area contributed by atoms with Crippen molar-refractivity contribution >= 4 is 17.6 Å². The number of hydrogen-bond donors (Lipinski definition) is 3. The van der Waals surface area contributed by atoms with Gasteiger partial charge in [-0.3, -0.25) is 10.4 Å². The van der Waals surface area contributed by atoms with E-state index in [4.69, 9.17) is 22.2 Å². The maximum atomic E-state index is 5.98. The van der Waals surface area contributed by atoms with E-state index in [1.54, 1.807) is 0 Å². The normalized spacial score (nSPS) is 13.1. The third-order valence-electron chi connectivity index (χ3n) is 2.76. The number of hydrogen-bond acceptors (Lipinski definition) is 3. The van der Waals surface area contributed by atoms with Gasteiger partial charge in [0, 0.05) is 24.8 Å². The first-order valence-corrected chi connectivity index (χ1v) is 7.16. The number of nitrogens with one attached hydrogen (secondary N) is 2. The minimum atomic E-state index is 0.0652. The van der Waals surface area contributed by atoms with Crippen LogP contribution in [0.5, 0.6) is 0 Å². The Bertz CT molecular complexity index is 425. The number of halogens is 1. The summed E-state index contributed by atoms with van der Waals surface area (Å²) in [4.78, 5) is 4.36. The van der Waals surface area contributed by atoms with Gasteiger partial charge in [-0.25, -0.2) is 5.84 Å². The predicted molar refractivity (Wildman–Crippen MR) is 83.7 cm³/mol. The summed E-state index contributed by atoms with van der Waals surface area (Å²) < 4.78 is 5.26. The maximum absolute atomic E-state index is 5.98. The van der Waals surface area contributed by atoms with Gasteiger partial charge in [0.25, 0.3) is 0 Å². The van der Waals surface area contributed by atoms with Crippen molar-refractivity contribution in [2.75, 3.05) is 19.8 Å². The van der Waals surface area contributed by atoms with Gasteiger partial charge in [0.05, 0.1) is 6.04 Å². The molecule has 5 nitrogen and oxygen atoms in total. The topological polar surface area (TPSA) is 71.7 Å². The number of guanidine groups is 1. The molecule has 4 N–H and O–H groups in total. The lowest BCUT2D eigenvalue weighted by Gasteiger charge is -2.17. The summed E-state index contributed by atoms with van der Waals surface area (Å²) in [6, 6.07) is 7.76. The predicted octanol–water partition coefficient (Wildman–Crippen LogP) is 2.24. The summed E-state index contributed by atoms with van der Waals surface area (Å²) in [6.45, 7) is 6.11. The molecule has 1 rings (SSSR count). The van der Waals surface area contributed by atoms with E-state index in [1.165, 1.54) is 0 Å². The van der Waals surface area contributed by atoms with Crippen LogP contribution in [0.15, 0.2) is 29.3 Å². The number of ether oxygens (including phenoxy) is 1. The Morgan fingerprint density at radius 3 is 2.95 bits per heavy atom. The van der Waals surface area contributed by atoms with Crippen molar-refractivity contribution in [3.05, 3.63) is 34.9 Å². The van der Waals surface area contributed by atoms with Gasteiger partial charge in [0.2, 0.25) is 5.96 Å². The van der Waals surface area contributed by atoms with E-state index in [1.807, 2.05) is 38.1 Å². The highest BCUT2D eigenvalue weighted by Gasteiger charge is 2.07. The van der Waals surface area contributed by atoms with Crippen molar-refractivity contribution < 1.29 is 4.74 Å². The lowest BCUT2D eigenvalue weighted by atomic mass is 10.1. The average Bonchev–Trinajstić information content (AvgIpc) is 2.45. The first-order chi connectivity index (χ1) is 9.67. The number of nitrogens with zero attached hydrogens (tertiary/aromatic N) is 1. The van der Waals surface area contributed by atoms with Crippen LogP contribution in [-0.2, 0) is 4.74 Å². The molecule has 1 unspecified atom stereocenters. The highest BCUT2D eigenvalue weighted by atomic mass is 35.5. The zero-order valence-corrected chi connectivity index (χ0v) is 12.8. The molecular formula is C14H23ClN4O. The van der Waals surface area contributed by atoms with Gasteiger partial charge in [-0.15, -0.1) is 0 Å². The SMILES string of the molecule is CCOCCCN=C(NN)NC(C)c1cccc(Cl)c1. The average molecular weight is 299 g/mol. The molecule has 1 atom stereocenters. The first kappa shape index (κ1) is 16.8. The second-order valence-corrected chi connectivity index (χ2v) is 4.78. The lowest BCUT2D eigenvalue weighted by Crippen LogP contribution is -2.42. The highest BCUT2D eigenvalue weighted by molar-refractivity contribution is 6.30. The molecule has 0 aliphatic rings. The lowest BCUT2D eigenvalue weighted by molar-refractivity contribution is 0.146. The second kappa shape index (κ2) is 9.58. The van der Waals surface area contributed by atoms with Crippen LogP contribution in [0.3, 0.4) is 0 Å². The molecule has 0 bridgehead atoms.